The lowest BCUT2D eigenvalue weighted by Crippen LogP contribution is -2.45. The molecule has 0 saturated carbocycles. The molecule has 0 fully saturated rings. The molecule has 0 aromatic carbocycles. The zero-order chi connectivity index (χ0) is 14.8. The van der Waals surface area contributed by atoms with Crippen molar-refractivity contribution in [2.24, 2.45) is 5.92 Å². The highest BCUT2D eigenvalue weighted by Gasteiger charge is 2.25. The van der Waals surface area contributed by atoms with Crippen LogP contribution in [0.4, 0.5) is 0 Å². The first kappa shape index (κ1) is 17.4. The molecule has 0 aromatic rings. The Kier molecular flexibility index (Phi) is 8.57. The molecule has 0 bridgehead atoms. The van der Waals surface area contributed by atoms with Crippen LogP contribution in [0.15, 0.2) is 0 Å². The van der Waals surface area contributed by atoms with E-state index in [-0.39, 0.29) is 24.7 Å². The third-order valence-corrected chi connectivity index (χ3v) is 2.95. The predicted molar refractivity (Wildman–Crippen MR) is 71.6 cm³/mol. The van der Waals surface area contributed by atoms with E-state index in [4.69, 9.17) is 5.11 Å². The maximum absolute atomic E-state index is 11.6. The zero-order valence-corrected chi connectivity index (χ0v) is 11.9. The third kappa shape index (κ3) is 7.43. The van der Waals surface area contributed by atoms with Gasteiger partial charge in [0.2, 0.25) is 11.8 Å². The molecule has 0 aliphatic rings. The molecular weight excluding hydrogens is 248 g/mol. The number of aliphatic carboxylic acids is 1. The van der Waals surface area contributed by atoms with Crippen LogP contribution in [0.5, 0.6) is 0 Å². The summed E-state index contributed by atoms with van der Waals surface area (Å²) in [6, 6.07) is -0.892. The lowest BCUT2D eigenvalue weighted by molar-refractivity contribution is -0.143. The molecule has 2 amide bonds. The number of carbonyl (C=O) groups excluding carboxylic acids is 2. The first-order valence-corrected chi connectivity index (χ1v) is 6.71. The SMILES string of the molecule is CCCNC(=O)CCC(=O)N[C@H](C(=O)O)[C@@H](C)CC. The van der Waals surface area contributed by atoms with Gasteiger partial charge in [0.15, 0.2) is 0 Å². The summed E-state index contributed by atoms with van der Waals surface area (Å²) < 4.78 is 0. The van der Waals surface area contributed by atoms with Crippen LogP contribution in [0, 0.1) is 5.92 Å². The van der Waals surface area contributed by atoms with Gasteiger partial charge in [0, 0.05) is 19.4 Å². The Hall–Kier alpha value is -1.59. The summed E-state index contributed by atoms with van der Waals surface area (Å²) in [5.41, 5.74) is 0. The molecule has 0 rings (SSSR count). The predicted octanol–water partition coefficient (Wildman–Crippen LogP) is 0.908. The van der Waals surface area contributed by atoms with E-state index in [2.05, 4.69) is 10.6 Å². The van der Waals surface area contributed by atoms with Crippen molar-refractivity contribution >= 4 is 17.8 Å². The van der Waals surface area contributed by atoms with Gasteiger partial charge in [-0.1, -0.05) is 27.2 Å². The first-order chi connectivity index (χ1) is 8.92. The van der Waals surface area contributed by atoms with Crippen LogP contribution < -0.4 is 10.6 Å². The van der Waals surface area contributed by atoms with Crippen LogP contribution in [0.2, 0.25) is 0 Å². The quantitative estimate of drug-likeness (QED) is 0.581. The Bertz CT molecular complexity index is 318. The van der Waals surface area contributed by atoms with E-state index in [1.165, 1.54) is 0 Å². The Morgan fingerprint density at radius 2 is 1.68 bits per heavy atom. The highest BCUT2D eigenvalue weighted by atomic mass is 16.4. The van der Waals surface area contributed by atoms with E-state index in [0.717, 1.165) is 6.42 Å². The van der Waals surface area contributed by atoms with Crippen LogP contribution >= 0.6 is 0 Å². The first-order valence-electron chi connectivity index (χ1n) is 6.71. The summed E-state index contributed by atoms with van der Waals surface area (Å²) in [4.78, 5) is 33.9. The number of amides is 2. The summed E-state index contributed by atoms with van der Waals surface area (Å²) in [5.74, 6) is -1.78. The summed E-state index contributed by atoms with van der Waals surface area (Å²) in [6.45, 7) is 6.17. The van der Waals surface area contributed by atoms with Crippen LogP contribution in [0.3, 0.4) is 0 Å². The molecule has 0 unspecified atom stereocenters. The van der Waals surface area contributed by atoms with Gasteiger partial charge < -0.3 is 15.7 Å². The molecule has 0 radical (unpaired) electrons. The van der Waals surface area contributed by atoms with Gasteiger partial charge in [-0.2, -0.15) is 0 Å². The van der Waals surface area contributed by atoms with Crippen molar-refractivity contribution in [1.82, 2.24) is 10.6 Å². The Morgan fingerprint density at radius 3 is 2.16 bits per heavy atom. The molecule has 6 heteroatoms. The molecule has 0 aliphatic carbocycles. The molecule has 2 atom stereocenters. The average molecular weight is 272 g/mol. The van der Waals surface area contributed by atoms with Gasteiger partial charge in [-0.15, -0.1) is 0 Å². The van der Waals surface area contributed by atoms with Crippen molar-refractivity contribution < 1.29 is 19.5 Å². The smallest absolute Gasteiger partial charge is 0.326 e. The molecule has 0 heterocycles. The fraction of sp³-hybridized carbons (Fsp3) is 0.769. The molecule has 0 aliphatic heterocycles. The van der Waals surface area contributed by atoms with E-state index >= 15 is 0 Å². The van der Waals surface area contributed by atoms with Gasteiger partial charge in [-0.05, 0) is 12.3 Å². The Morgan fingerprint density at radius 1 is 1.11 bits per heavy atom. The fourth-order valence-electron chi connectivity index (χ4n) is 1.51. The number of carboxylic acid groups (broad SMARTS) is 1. The summed E-state index contributed by atoms with van der Waals surface area (Å²) in [6.07, 6.45) is 1.59. The normalized spacial score (nSPS) is 13.4. The molecule has 0 aromatic heterocycles. The van der Waals surface area contributed by atoms with Gasteiger partial charge >= 0.3 is 5.97 Å². The number of hydrogen-bond acceptors (Lipinski definition) is 3. The molecular formula is C13H24N2O4. The monoisotopic (exact) mass is 272 g/mol. The van der Waals surface area contributed by atoms with Crippen molar-refractivity contribution in [2.75, 3.05) is 6.54 Å². The van der Waals surface area contributed by atoms with Gasteiger partial charge in [0.05, 0.1) is 0 Å². The van der Waals surface area contributed by atoms with Crippen LogP contribution in [-0.2, 0) is 14.4 Å². The van der Waals surface area contributed by atoms with Crippen molar-refractivity contribution in [3.63, 3.8) is 0 Å². The number of hydrogen-bond donors (Lipinski definition) is 3. The van der Waals surface area contributed by atoms with Crippen molar-refractivity contribution in [3.05, 3.63) is 0 Å². The summed E-state index contributed by atoms with van der Waals surface area (Å²) in [5, 5.41) is 14.1. The Balaban J connectivity index is 4.13. The maximum atomic E-state index is 11.6. The van der Waals surface area contributed by atoms with Gasteiger partial charge in [0.25, 0.3) is 0 Å². The number of nitrogens with one attached hydrogen (secondary N) is 2. The second kappa shape index (κ2) is 9.35. The van der Waals surface area contributed by atoms with Crippen molar-refractivity contribution in [2.45, 2.75) is 52.5 Å². The lowest BCUT2D eigenvalue weighted by atomic mass is 9.99. The van der Waals surface area contributed by atoms with E-state index < -0.39 is 17.9 Å². The van der Waals surface area contributed by atoms with Gasteiger partial charge in [-0.25, -0.2) is 4.79 Å². The largest absolute Gasteiger partial charge is 0.480 e. The topological polar surface area (TPSA) is 95.5 Å². The molecule has 0 saturated heterocycles. The second-order valence-electron chi connectivity index (χ2n) is 4.62. The minimum absolute atomic E-state index is 0.00968. The standard InChI is InChI=1S/C13H24N2O4/c1-4-8-14-10(16)6-7-11(17)15-12(13(18)19)9(3)5-2/h9,12H,4-8H2,1-3H3,(H,14,16)(H,15,17)(H,18,19)/t9-,12-/m0/s1. The van der Waals surface area contributed by atoms with E-state index in [0.29, 0.717) is 13.0 Å². The highest BCUT2D eigenvalue weighted by Crippen LogP contribution is 2.08. The van der Waals surface area contributed by atoms with E-state index in [1.54, 1.807) is 6.92 Å². The molecule has 6 nitrogen and oxygen atoms in total. The minimum atomic E-state index is -1.04. The van der Waals surface area contributed by atoms with Crippen molar-refractivity contribution in [3.8, 4) is 0 Å². The van der Waals surface area contributed by atoms with Crippen LogP contribution in [-0.4, -0.2) is 35.5 Å². The Labute approximate surface area is 113 Å². The maximum Gasteiger partial charge on any atom is 0.326 e. The minimum Gasteiger partial charge on any atom is -0.480 e. The van der Waals surface area contributed by atoms with Crippen molar-refractivity contribution in [1.29, 1.82) is 0 Å². The number of carboxylic acids is 1. The third-order valence-electron chi connectivity index (χ3n) is 2.95. The second-order valence-corrected chi connectivity index (χ2v) is 4.62. The molecule has 110 valence electrons. The molecule has 19 heavy (non-hydrogen) atoms. The zero-order valence-electron chi connectivity index (χ0n) is 11.9. The number of carbonyl (C=O) groups is 3. The summed E-state index contributed by atoms with van der Waals surface area (Å²) in [7, 11) is 0. The molecule has 0 spiro atoms. The van der Waals surface area contributed by atoms with Gasteiger partial charge in [0.1, 0.15) is 6.04 Å². The molecule has 3 N–H and O–H groups in total. The van der Waals surface area contributed by atoms with Crippen LogP contribution in [0.1, 0.15) is 46.5 Å². The lowest BCUT2D eigenvalue weighted by Gasteiger charge is -2.20. The summed E-state index contributed by atoms with van der Waals surface area (Å²) >= 11 is 0. The van der Waals surface area contributed by atoms with E-state index in [9.17, 15) is 14.4 Å². The van der Waals surface area contributed by atoms with E-state index in [1.807, 2.05) is 13.8 Å². The fourth-order valence-corrected chi connectivity index (χ4v) is 1.51. The average Bonchev–Trinajstić information content (AvgIpc) is 2.38. The number of rotatable bonds is 9. The van der Waals surface area contributed by atoms with Crippen LogP contribution in [0.25, 0.3) is 0 Å². The van der Waals surface area contributed by atoms with Gasteiger partial charge in [-0.3, -0.25) is 9.59 Å². The highest BCUT2D eigenvalue weighted by molar-refractivity contribution is 5.87.